The molecule has 26 heavy (non-hydrogen) atoms. The SMILES string of the molecule is C[C@@H](NC(=O)CN1CCC[C@@H]1c1nc2c(n1C)CCCC2)c1cccs1. The van der Waals surface area contributed by atoms with Gasteiger partial charge in [0.25, 0.3) is 0 Å². The number of nitrogens with zero attached hydrogens (tertiary/aromatic N) is 3. The van der Waals surface area contributed by atoms with Gasteiger partial charge in [-0.1, -0.05) is 6.07 Å². The van der Waals surface area contributed by atoms with Crippen molar-refractivity contribution in [1.29, 1.82) is 0 Å². The Morgan fingerprint density at radius 2 is 2.23 bits per heavy atom. The number of hydrogen-bond donors (Lipinski definition) is 1. The zero-order valence-electron chi connectivity index (χ0n) is 15.7. The van der Waals surface area contributed by atoms with Crippen LogP contribution in [0.5, 0.6) is 0 Å². The number of carbonyl (C=O) groups excluding carboxylic acids is 1. The molecule has 2 aliphatic rings. The lowest BCUT2D eigenvalue weighted by atomic mass is 10.0. The molecule has 0 bridgehead atoms. The van der Waals surface area contributed by atoms with E-state index in [1.807, 2.05) is 6.07 Å². The largest absolute Gasteiger partial charge is 0.348 e. The number of amides is 1. The highest BCUT2D eigenvalue weighted by Crippen LogP contribution is 2.33. The molecule has 0 saturated carbocycles. The van der Waals surface area contributed by atoms with E-state index in [1.54, 1.807) is 11.3 Å². The van der Waals surface area contributed by atoms with Gasteiger partial charge in [0, 0.05) is 17.6 Å². The van der Waals surface area contributed by atoms with E-state index < -0.39 is 0 Å². The lowest BCUT2D eigenvalue weighted by Gasteiger charge is -2.24. The summed E-state index contributed by atoms with van der Waals surface area (Å²) >= 11 is 1.69. The Kier molecular flexibility index (Phi) is 5.14. The maximum atomic E-state index is 12.6. The summed E-state index contributed by atoms with van der Waals surface area (Å²) in [5, 5.41) is 5.20. The summed E-state index contributed by atoms with van der Waals surface area (Å²) in [5.41, 5.74) is 2.70. The van der Waals surface area contributed by atoms with Gasteiger partial charge in [-0.05, 0) is 63.4 Å². The fourth-order valence-electron chi connectivity index (χ4n) is 4.39. The Balaban J connectivity index is 1.44. The molecule has 1 N–H and O–H groups in total. The minimum absolute atomic E-state index is 0.0732. The molecule has 5 nitrogen and oxygen atoms in total. The number of rotatable bonds is 5. The molecule has 0 aromatic carbocycles. The third-order valence-electron chi connectivity index (χ3n) is 5.76. The Labute approximate surface area is 159 Å². The van der Waals surface area contributed by atoms with Gasteiger partial charge in [0.2, 0.25) is 5.91 Å². The Morgan fingerprint density at radius 3 is 3.00 bits per heavy atom. The lowest BCUT2D eigenvalue weighted by Crippen LogP contribution is -2.38. The second-order valence-corrected chi connectivity index (χ2v) is 8.54. The monoisotopic (exact) mass is 372 g/mol. The van der Waals surface area contributed by atoms with Crippen molar-refractivity contribution < 1.29 is 4.79 Å². The van der Waals surface area contributed by atoms with E-state index in [0.29, 0.717) is 6.54 Å². The van der Waals surface area contributed by atoms with Crippen LogP contribution in [0.15, 0.2) is 17.5 Å². The molecule has 1 aliphatic carbocycles. The van der Waals surface area contributed by atoms with Gasteiger partial charge >= 0.3 is 0 Å². The van der Waals surface area contributed by atoms with E-state index in [4.69, 9.17) is 4.98 Å². The molecule has 1 saturated heterocycles. The first-order valence-corrected chi connectivity index (χ1v) is 10.6. The molecule has 1 aliphatic heterocycles. The van der Waals surface area contributed by atoms with Gasteiger partial charge < -0.3 is 9.88 Å². The number of likely N-dealkylation sites (tertiary alicyclic amines) is 1. The van der Waals surface area contributed by atoms with E-state index in [9.17, 15) is 4.79 Å². The smallest absolute Gasteiger partial charge is 0.234 e. The van der Waals surface area contributed by atoms with E-state index in [2.05, 4.69) is 40.2 Å². The first-order valence-electron chi connectivity index (χ1n) is 9.74. The van der Waals surface area contributed by atoms with Crippen molar-refractivity contribution >= 4 is 17.2 Å². The number of fused-ring (bicyclic) bond motifs is 1. The standard InChI is InChI=1S/C20H28N4OS/c1-14(18-10-6-12-26-18)21-19(25)13-24-11-5-9-17(24)20-22-15-7-3-4-8-16(15)23(20)2/h6,10,12,14,17H,3-5,7-9,11,13H2,1-2H3,(H,21,25)/t14-,17-/m1/s1. The minimum Gasteiger partial charge on any atom is -0.348 e. The van der Waals surface area contributed by atoms with E-state index >= 15 is 0 Å². The minimum atomic E-state index is 0.0732. The molecule has 0 unspecified atom stereocenters. The van der Waals surface area contributed by atoms with Gasteiger partial charge in [-0.15, -0.1) is 11.3 Å². The summed E-state index contributed by atoms with van der Waals surface area (Å²) in [5.74, 6) is 1.27. The van der Waals surface area contributed by atoms with Crippen LogP contribution in [0.25, 0.3) is 0 Å². The molecular formula is C20H28N4OS. The van der Waals surface area contributed by atoms with E-state index in [-0.39, 0.29) is 18.0 Å². The summed E-state index contributed by atoms with van der Waals surface area (Å²) in [6.45, 7) is 3.49. The summed E-state index contributed by atoms with van der Waals surface area (Å²) in [4.78, 5) is 21.1. The van der Waals surface area contributed by atoms with Crippen LogP contribution < -0.4 is 5.32 Å². The normalized spacial score (nSPS) is 21.5. The Hall–Kier alpha value is -1.66. The van der Waals surface area contributed by atoms with Gasteiger partial charge in [0.15, 0.2) is 0 Å². The molecule has 2 aromatic rings. The first-order chi connectivity index (χ1) is 12.6. The van der Waals surface area contributed by atoms with Crippen LogP contribution in [0.3, 0.4) is 0 Å². The van der Waals surface area contributed by atoms with Crippen molar-refractivity contribution in [3.63, 3.8) is 0 Å². The number of thiophene rings is 1. The highest BCUT2D eigenvalue weighted by Gasteiger charge is 2.32. The predicted octanol–water partition coefficient (Wildman–Crippen LogP) is 3.37. The average molecular weight is 373 g/mol. The highest BCUT2D eigenvalue weighted by atomic mass is 32.1. The molecule has 3 heterocycles. The molecule has 1 amide bonds. The van der Waals surface area contributed by atoms with Crippen molar-refractivity contribution in [2.75, 3.05) is 13.1 Å². The third kappa shape index (κ3) is 3.45. The topological polar surface area (TPSA) is 50.2 Å². The first kappa shape index (κ1) is 17.7. The van der Waals surface area contributed by atoms with Crippen LogP contribution in [0.1, 0.15) is 66.8 Å². The molecular weight excluding hydrogens is 344 g/mol. The van der Waals surface area contributed by atoms with E-state index in [0.717, 1.165) is 38.1 Å². The fraction of sp³-hybridized carbons (Fsp3) is 0.600. The molecule has 4 rings (SSSR count). The molecule has 140 valence electrons. The Morgan fingerprint density at radius 1 is 1.38 bits per heavy atom. The highest BCUT2D eigenvalue weighted by molar-refractivity contribution is 7.10. The van der Waals surface area contributed by atoms with Gasteiger partial charge in [-0.25, -0.2) is 4.98 Å². The number of aryl methyl sites for hydroxylation is 1. The Bertz CT molecular complexity index is 767. The summed E-state index contributed by atoms with van der Waals surface area (Å²) in [6.07, 6.45) is 7.00. The van der Waals surface area contributed by atoms with Gasteiger partial charge in [-0.2, -0.15) is 0 Å². The van der Waals surface area contributed by atoms with Crippen molar-refractivity contribution in [1.82, 2.24) is 19.8 Å². The number of aromatic nitrogens is 2. The molecule has 2 atom stereocenters. The molecule has 0 spiro atoms. The summed E-state index contributed by atoms with van der Waals surface area (Å²) in [6, 6.07) is 4.45. The second-order valence-electron chi connectivity index (χ2n) is 7.56. The number of nitrogens with one attached hydrogen (secondary N) is 1. The zero-order valence-corrected chi connectivity index (χ0v) is 16.5. The zero-order chi connectivity index (χ0) is 18.1. The molecule has 2 aromatic heterocycles. The van der Waals surface area contributed by atoms with Crippen LogP contribution in [-0.2, 0) is 24.7 Å². The summed E-state index contributed by atoms with van der Waals surface area (Å²) in [7, 11) is 2.15. The number of hydrogen-bond acceptors (Lipinski definition) is 4. The predicted molar refractivity (Wildman–Crippen MR) is 104 cm³/mol. The molecule has 6 heteroatoms. The second kappa shape index (κ2) is 7.53. The maximum Gasteiger partial charge on any atom is 0.234 e. The average Bonchev–Trinajstić information content (AvgIpc) is 3.36. The van der Waals surface area contributed by atoms with Crippen LogP contribution in [-0.4, -0.2) is 33.4 Å². The fourth-order valence-corrected chi connectivity index (χ4v) is 5.13. The maximum absolute atomic E-state index is 12.6. The summed E-state index contributed by atoms with van der Waals surface area (Å²) < 4.78 is 2.31. The van der Waals surface area contributed by atoms with E-state index in [1.165, 1.54) is 29.1 Å². The number of carbonyl (C=O) groups is 1. The third-order valence-corrected chi connectivity index (χ3v) is 6.82. The van der Waals surface area contributed by atoms with Gasteiger partial charge in [-0.3, -0.25) is 9.69 Å². The van der Waals surface area contributed by atoms with Gasteiger partial charge in [0.1, 0.15) is 5.82 Å². The lowest BCUT2D eigenvalue weighted by molar-refractivity contribution is -0.123. The van der Waals surface area contributed by atoms with Crippen LogP contribution >= 0.6 is 11.3 Å². The van der Waals surface area contributed by atoms with Crippen molar-refractivity contribution in [2.45, 2.75) is 57.5 Å². The molecule has 0 radical (unpaired) electrons. The van der Waals surface area contributed by atoms with Crippen molar-refractivity contribution in [3.8, 4) is 0 Å². The van der Waals surface area contributed by atoms with Crippen LogP contribution in [0.4, 0.5) is 0 Å². The van der Waals surface area contributed by atoms with Crippen LogP contribution in [0, 0.1) is 0 Å². The van der Waals surface area contributed by atoms with Crippen LogP contribution in [0.2, 0.25) is 0 Å². The van der Waals surface area contributed by atoms with Gasteiger partial charge in [0.05, 0.1) is 24.3 Å². The van der Waals surface area contributed by atoms with Crippen molar-refractivity contribution in [3.05, 3.63) is 39.6 Å². The van der Waals surface area contributed by atoms with Crippen molar-refractivity contribution in [2.24, 2.45) is 7.05 Å². The number of imidazole rings is 1. The molecule has 1 fully saturated rings. The quantitative estimate of drug-likeness (QED) is 0.875.